The average Bonchev–Trinajstić information content (AvgIpc) is 3.65. The van der Waals surface area contributed by atoms with Gasteiger partial charge in [-0.1, -0.05) is 74.9 Å². The summed E-state index contributed by atoms with van der Waals surface area (Å²) in [6.07, 6.45) is 8.54. The highest BCUT2D eigenvalue weighted by atomic mass is 16.6. The zero-order chi connectivity index (χ0) is 30.7. The molecule has 4 aliphatic rings. The van der Waals surface area contributed by atoms with Gasteiger partial charge in [0.1, 0.15) is 23.7 Å². The number of hydrogen-bond acceptors (Lipinski definition) is 7. The molecule has 10 nitrogen and oxygen atoms in total. The lowest BCUT2D eigenvalue weighted by Crippen LogP contribution is -2.58. The number of fused-ring (bicyclic) bond motifs is 2. The van der Waals surface area contributed by atoms with Gasteiger partial charge in [-0.15, -0.1) is 0 Å². The number of benzene rings is 1. The number of rotatable bonds is 7. The van der Waals surface area contributed by atoms with E-state index in [0.29, 0.717) is 31.5 Å². The second-order valence-corrected chi connectivity index (χ2v) is 12.0. The molecule has 0 radical (unpaired) electrons. The zero-order valence-electron chi connectivity index (χ0n) is 25.2. The average molecular weight is 594 g/mol. The Bertz CT molecular complexity index is 1260. The van der Waals surface area contributed by atoms with E-state index in [1.54, 1.807) is 24.0 Å². The van der Waals surface area contributed by atoms with E-state index >= 15 is 0 Å². The van der Waals surface area contributed by atoms with Gasteiger partial charge in [-0.2, -0.15) is 0 Å². The number of carbonyl (C=O) groups is 4. The van der Waals surface area contributed by atoms with Crippen molar-refractivity contribution in [2.45, 2.75) is 88.8 Å². The van der Waals surface area contributed by atoms with Crippen molar-refractivity contribution in [1.29, 1.82) is 0 Å². The van der Waals surface area contributed by atoms with Crippen molar-refractivity contribution in [2.75, 3.05) is 19.7 Å². The third-order valence-corrected chi connectivity index (χ3v) is 9.23. The van der Waals surface area contributed by atoms with Crippen molar-refractivity contribution in [2.24, 2.45) is 11.8 Å². The maximum absolute atomic E-state index is 14.5. The standard InChI is InChI=1S/C33H43N3O7/c1-4-6-18-35-19-12-8-11-15-25(38)34-21(3)28(22-13-9-7-10-14-22)42-32(41)26-24-16-17-33(43-24)27(26)30(39)36(23(5-2)20-37)29(33)31(35)40/h7-10,12-14,16-17,21,23-24,26-29,37H,4-6,11,15,18-20H2,1-3H3,(H,34,38)/b12-8-/t21-,23-,24+,26-,27-,28+,29+,33-/m0/s1. The lowest BCUT2D eigenvalue weighted by molar-refractivity contribution is -0.162. The lowest BCUT2D eigenvalue weighted by atomic mass is 9.74. The second-order valence-electron chi connectivity index (χ2n) is 12.0. The van der Waals surface area contributed by atoms with Crippen molar-refractivity contribution < 1.29 is 33.8 Å². The van der Waals surface area contributed by atoms with Gasteiger partial charge < -0.3 is 29.7 Å². The number of allylic oxidation sites excluding steroid dienone is 1. The fraction of sp³-hybridized carbons (Fsp3) is 0.576. The third kappa shape index (κ3) is 5.62. The van der Waals surface area contributed by atoms with Crippen LogP contribution in [0.4, 0.5) is 0 Å². The molecule has 43 heavy (non-hydrogen) atoms. The topological polar surface area (TPSA) is 125 Å². The van der Waals surface area contributed by atoms with Gasteiger partial charge in [-0.25, -0.2) is 0 Å². The largest absolute Gasteiger partial charge is 0.455 e. The van der Waals surface area contributed by atoms with E-state index in [9.17, 15) is 24.3 Å². The third-order valence-electron chi connectivity index (χ3n) is 9.23. The Morgan fingerprint density at radius 1 is 1.09 bits per heavy atom. The molecular formula is C33H43N3O7. The summed E-state index contributed by atoms with van der Waals surface area (Å²) in [6.45, 7) is 6.16. The molecule has 232 valence electrons. The molecule has 2 saturated heterocycles. The van der Waals surface area contributed by atoms with Crippen molar-refractivity contribution in [3.63, 3.8) is 0 Å². The van der Waals surface area contributed by atoms with Crippen molar-refractivity contribution >= 4 is 23.7 Å². The van der Waals surface area contributed by atoms with Gasteiger partial charge in [0, 0.05) is 19.5 Å². The molecule has 4 heterocycles. The van der Waals surface area contributed by atoms with Crippen molar-refractivity contribution in [3.05, 3.63) is 60.2 Å². The first-order chi connectivity index (χ1) is 20.8. The summed E-state index contributed by atoms with van der Waals surface area (Å²) in [5.74, 6) is -3.44. The van der Waals surface area contributed by atoms with Crippen LogP contribution in [0, 0.1) is 11.8 Å². The van der Waals surface area contributed by atoms with Crippen LogP contribution in [-0.4, -0.2) is 88.1 Å². The van der Waals surface area contributed by atoms with Crippen LogP contribution in [0.1, 0.15) is 64.5 Å². The van der Waals surface area contributed by atoms with E-state index in [0.717, 1.165) is 12.8 Å². The van der Waals surface area contributed by atoms with E-state index in [1.165, 1.54) is 4.90 Å². The molecule has 3 amide bonds. The van der Waals surface area contributed by atoms with E-state index < -0.39 is 59.6 Å². The first kappa shape index (κ1) is 30.9. The Labute approximate surface area is 253 Å². The number of esters is 1. The van der Waals surface area contributed by atoms with Gasteiger partial charge in [0.25, 0.3) is 0 Å². The summed E-state index contributed by atoms with van der Waals surface area (Å²) < 4.78 is 12.6. The highest BCUT2D eigenvalue weighted by molar-refractivity contribution is 5.99. The number of ether oxygens (including phenoxy) is 2. The van der Waals surface area contributed by atoms with Gasteiger partial charge in [0.15, 0.2) is 0 Å². The summed E-state index contributed by atoms with van der Waals surface area (Å²) in [5, 5.41) is 13.3. The van der Waals surface area contributed by atoms with Crippen LogP contribution in [0.5, 0.6) is 0 Å². The molecule has 0 aliphatic carbocycles. The SMILES string of the molecule is CCCCN1C/C=C\CCC(=O)N[C@@H](C)[C@H](c2ccccc2)OC(=O)[C@@H]2[C@H]3C(=O)N([C@@H](CC)CO)[C@H](C1=O)[C@]31C=C[C@H]2O1. The van der Waals surface area contributed by atoms with Crippen LogP contribution in [0.2, 0.25) is 0 Å². The molecule has 2 fully saturated rings. The Morgan fingerprint density at radius 2 is 1.86 bits per heavy atom. The number of carbonyl (C=O) groups excluding carboxylic acids is 4. The number of hydrogen-bond donors (Lipinski definition) is 2. The van der Waals surface area contributed by atoms with Crippen molar-refractivity contribution in [3.8, 4) is 0 Å². The molecule has 4 aliphatic heterocycles. The summed E-state index contributed by atoms with van der Waals surface area (Å²) in [6, 6.07) is 7.00. The van der Waals surface area contributed by atoms with Crippen LogP contribution in [0.15, 0.2) is 54.6 Å². The van der Waals surface area contributed by atoms with Crippen LogP contribution < -0.4 is 5.32 Å². The van der Waals surface area contributed by atoms with Crippen LogP contribution in [0.3, 0.4) is 0 Å². The molecule has 2 N–H and O–H groups in total. The van der Waals surface area contributed by atoms with Gasteiger partial charge in [0.05, 0.1) is 30.7 Å². The van der Waals surface area contributed by atoms with Gasteiger partial charge >= 0.3 is 5.97 Å². The fourth-order valence-corrected chi connectivity index (χ4v) is 7.02. The smallest absolute Gasteiger partial charge is 0.313 e. The molecule has 1 spiro atoms. The Hall–Kier alpha value is -3.50. The quantitative estimate of drug-likeness (QED) is 0.368. The molecule has 5 bridgehead atoms. The number of unbranched alkanes of at least 4 members (excludes halogenated alkanes) is 1. The summed E-state index contributed by atoms with van der Waals surface area (Å²) in [7, 11) is 0. The molecule has 1 aromatic rings. The monoisotopic (exact) mass is 593 g/mol. The minimum absolute atomic E-state index is 0.179. The van der Waals surface area contributed by atoms with Crippen LogP contribution in [0.25, 0.3) is 0 Å². The number of aliphatic hydroxyl groups excluding tert-OH is 1. The predicted molar refractivity (Wildman–Crippen MR) is 158 cm³/mol. The van der Waals surface area contributed by atoms with E-state index in [1.807, 2.05) is 56.3 Å². The molecule has 0 aromatic heterocycles. The predicted octanol–water partition coefficient (Wildman–Crippen LogP) is 2.68. The maximum Gasteiger partial charge on any atom is 0.313 e. The number of nitrogens with one attached hydrogen (secondary N) is 1. The van der Waals surface area contributed by atoms with Crippen LogP contribution >= 0.6 is 0 Å². The first-order valence-electron chi connectivity index (χ1n) is 15.6. The fourth-order valence-electron chi connectivity index (χ4n) is 7.02. The lowest BCUT2D eigenvalue weighted by Gasteiger charge is -2.38. The van der Waals surface area contributed by atoms with Gasteiger partial charge in [0.2, 0.25) is 17.7 Å². The van der Waals surface area contributed by atoms with E-state index in [2.05, 4.69) is 5.32 Å². The summed E-state index contributed by atoms with van der Waals surface area (Å²) >= 11 is 0. The number of nitrogens with zero attached hydrogens (tertiary/aromatic N) is 2. The normalized spacial score (nSPS) is 34.2. The van der Waals surface area contributed by atoms with Crippen molar-refractivity contribution in [1.82, 2.24) is 15.1 Å². The molecule has 1 aromatic carbocycles. The number of amides is 3. The Morgan fingerprint density at radius 3 is 2.56 bits per heavy atom. The zero-order valence-corrected chi connectivity index (χ0v) is 25.2. The van der Waals surface area contributed by atoms with Gasteiger partial charge in [-0.3, -0.25) is 19.2 Å². The Balaban J connectivity index is 1.59. The highest BCUT2D eigenvalue weighted by Crippen LogP contribution is 2.56. The summed E-state index contributed by atoms with van der Waals surface area (Å²) in [4.78, 5) is 58.9. The van der Waals surface area contributed by atoms with E-state index in [4.69, 9.17) is 9.47 Å². The maximum atomic E-state index is 14.5. The van der Waals surface area contributed by atoms with Gasteiger partial charge in [-0.05, 0) is 31.7 Å². The molecule has 10 heteroatoms. The minimum atomic E-state index is -1.35. The van der Waals surface area contributed by atoms with E-state index in [-0.39, 0.29) is 24.8 Å². The summed E-state index contributed by atoms with van der Waals surface area (Å²) in [5.41, 5.74) is -0.642. The minimum Gasteiger partial charge on any atom is -0.455 e. The Kier molecular flexibility index (Phi) is 9.36. The molecule has 8 atom stereocenters. The number of likely N-dealkylation sites (tertiary alicyclic amines) is 1. The molecule has 0 unspecified atom stereocenters. The molecule has 5 rings (SSSR count). The highest BCUT2D eigenvalue weighted by Gasteiger charge is 2.74. The first-order valence-corrected chi connectivity index (χ1v) is 15.6. The van der Waals surface area contributed by atoms with Crippen LogP contribution in [-0.2, 0) is 28.7 Å². The molecule has 0 saturated carbocycles. The number of cyclic esters (lactones) is 1. The second kappa shape index (κ2) is 13.0. The molecular weight excluding hydrogens is 550 g/mol. The number of aliphatic hydroxyl groups is 1.